The Balaban J connectivity index is 2.18. The smallest absolute Gasteiger partial charge is 0.286 e. The number of hydroxylamine groups is 1. The molecule has 1 amide bonds. The molecule has 0 aliphatic heterocycles. The molecule has 7 heteroatoms. The molecular weight excluding hydrogens is 276 g/mol. The minimum Gasteiger partial charge on any atom is -0.493 e. The summed E-state index contributed by atoms with van der Waals surface area (Å²) in [5, 5.41) is 11.1. The lowest BCUT2D eigenvalue weighted by atomic mass is 10.1. The van der Waals surface area contributed by atoms with E-state index < -0.39 is 10.8 Å². The van der Waals surface area contributed by atoms with Crippen LogP contribution in [0.5, 0.6) is 5.75 Å². The van der Waals surface area contributed by atoms with Crippen LogP contribution in [0.2, 0.25) is 0 Å². The SMILES string of the molecule is CCOc1cccc([N+](=O)[O-])c1C(=O)NOC1CCCC1. The predicted octanol–water partition coefficient (Wildman–Crippen LogP) is 2.60. The molecule has 1 saturated carbocycles. The largest absolute Gasteiger partial charge is 0.493 e. The minimum atomic E-state index is -0.655. The number of nitro benzene ring substituents is 1. The highest BCUT2D eigenvalue weighted by Crippen LogP contribution is 2.28. The van der Waals surface area contributed by atoms with Crippen molar-refractivity contribution in [2.45, 2.75) is 38.7 Å². The van der Waals surface area contributed by atoms with E-state index in [0.29, 0.717) is 6.61 Å². The third kappa shape index (κ3) is 3.69. The van der Waals surface area contributed by atoms with Crippen LogP contribution in [0.1, 0.15) is 43.0 Å². The molecule has 7 nitrogen and oxygen atoms in total. The van der Waals surface area contributed by atoms with Crippen molar-refractivity contribution in [1.82, 2.24) is 5.48 Å². The predicted molar refractivity (Wildman–Crippen MR) is 75.1 cm³/mol. The Labute approximate surface area is 122 Å². The van der Waals surface area contributed by atoms with Gasteiger partial charge in [-0.15, -0.1) is 0 Å². The van der Waals surface area contributed by atoms with E-state index in [0.717, 1.165) is 25.7 Å². The first kappa shape index (κ1) is 15.2. The first-order chi connectivity index (χ1) is 10.1. The molecule has 0 bridgehead atoms. The second-order valence-corrected chi connectivity index (χ2v) is 4.80. The summed E-state index contributed by atoms with van der Waals surface area (Å²) in [5.74, 6) is -0.475. The number of nitrogens with one attached hydrogen (secondary N) is 1. The molecule has 0 heterocycles. The molecule has 2 rings (SSSR count). The lowest BCUT2D eigenvalue weighted by Crippen LogP contribution is -2.29. The molecule has 0 aromatic heterocycles. The van der Waals surface area contributed by atoms with Crippen LogP contribution in [0.25, 0.3) is 0 Å². The maximum atomic E-state index is 12.2. The topological polar surface area (TPSA) is 90.7 Å². The highest BCUT2D eigenvalue weighted by molar-refractivity contribution is 6.00. The van der Waals surface area contributed by atoms with Gasteiger partial charge in [-0.1, -0.05) is 18.9 Å². The monoisotopic (exact) mass is 294 g/mol. The Kier molecular flexibility index (Phi) is 5.10. The molecule has 1 aliphatic rings. The number of carbonyl (C=O) groups excluding carboxylic acids is 1. The van der Waals surface area contributed by atoms with Crippen LogP contribution in [0.15, 0.2) is 18.2 Å². The van der Waals surface area contributed by atoms with Gasteiger partial charge < -0.3 is 4.74 Å². The standard InChI is InChI=1S/C14H18N2O5/c1-2-20-12-9-5-8-11(16(18)19)13(12)14(17)15-21-10-6-3-4-7-10/h5,8-10H,2-4,6-7H2,1H3,(H,15,17). The van der Waals surface area contributed by atoms with Gasteiger partial charge in [-0.2, -0.15) is 0 Å². The minimum absolute atomic E-state index is 0.0211. The number of carbonyl (C=O) groups is 1. The number of hydrogen-bond donors (Lipinski definition) is 1. The fourth-order valence-electron chi connectivity index (χ4n) is 2.37. The molecule has 0 atom stereocenters. The van der Waals surface area contributed by atoms with Crippen LogP contribution < -0.4 is 10.2 Å². The van der Waals surface area contributed by atoms with E-state index in [4.69, 9.17) is 9.57 Å². The maximum absolute atomic E-state index is 12.2. The summed E-state index contributed by atoms with van der Waals surface area (Å²) in [6.45, 7) is 2.06. The van der Waals surface area contributed by atoms with Gasteiger partial charge in [-0.05, 0) is 25.8 Å². The Bertz CT molecular complexity index is 526. The van der Waals surface area contributed by atoms with Crippen LogP contribution in [-0.2, 0) is 4.84 Å². The van der Waals surface area contributed by atoms with Crippen molar-refractivity contribution in [2.24, 2.45) is 0 Å². The van der Waals surface area contributed by atoms with E-state index in [1.165, 1.54) is 18.2 Å². The molecule has 1 aromatic rings. The fraction of sp³-hybridized carbons (Fsp3) is 0.500. The Morgan fingerprint density at radius 2 is 2.14 bits per heavy atom. The average Bonchev–Trinajstić information content (AvgIpc) is 2.98. The van der Waals surface area contributed by atoms with Crippen LogP contribution in [0.3, 0.4) is 0 Å². The van der Waals surface area contributed by atoms with E-state index in [1.54, 1.807) is 6.92 Å². The molecule has 0 unspecified atom stereocenters. The fourth-order valence-corrected chi connectivity index (χ4v) is 2.37. The molecule has 1 aliphatic carbocycles. The summed E-state index contributed by atoms with van der Waals surface area (Å²) in [6, 6.07) is 4.28. The molecule has 1 N–H and O–H groups in total. The van der Waals surface area contributed by atoms with Crippen LogP contribution >= 0.6 is 0 Å². The summed E-state index contributed by atoms with van der Waals surface area (Å²) < 4.78 is 5.30. The van der Waals surface area contributed by atoms with Crippen molar-refractivity contribution in [3.63, 3.8) is 0 Å². The first-order valence-electron chi connectivity index (χ1n) is 6.99. The first-order valence-corrected chi connectivity index (χ1v) is 6.99. The highest BCUT2D eigenvalue weighted by Gasteiger charge is 2.26. The molecule has 1 fully saturated rings. The van der Waals surface area contributed by atoms with Crippen LogP contribution in [-0.4, -0.2) is 23.5 Å². The van der Waals surface area contributed by atoms with Gasteiger partial charge in [0.25, 0.3) is 11.6 Å². The van der Waals surface area contributed by atoms with Gasteiger partial charge >= 0.3 is 0 Å². The van der Waals surface area contributed by atoms with Crippen molar-refractivity contribution in [3.05, 3.63) is 33.9 Å². The molecule has 114 valence electrons. The Morgan fingerprint density at radius 3 is 2.76 bits per heavy atom. The summed E-state index contributed by atoms with van der Waals surface area (Å²) >= 11 is 0. The van der Waals surface area contributed by atoms with Crippen molar-refractivity contribution in [2.75, 3.05) is 6.61 Å². The second-order valence-electron chi connectivity index (χ2n) is 4.80. The van der Waals surface area contributed by atoms with Gasteiger partial charge in [0, 0.05) is 6.07 Å². The van der Waals surface area contributed by atoms with E-state index in [-0.39, 0.29) is 23.1 Å². The van der Waals surface area contributed by atoms with Gasteiger partial charge in [0.1, 0.15) is 5.75 Å². The number of benzene rings is 1. The van der Waals surface area contributed by atoms with Crippen molar-refractivity contribution in [3.8, 4) is 5.75 Å². The van der Waals surface area contributed by atoms with Crippen molar-refractivity contribution >= 4 is 11.6 Å². The molecule has 0 saturated heterocycles. The lowest BCUT2D eigenvalue weighted by Gasteiger charge is -2.13. The lowest BCUT2D eigenvalue weighted by molar-refractivity contribution is -0.385. The van der Waals surface area contributed by atoms with E-state index in [1.807, 2.05) is 0 Å². The molecule has 0 spiro atoms. The number of amides is 1. The van der Waals surface area contributed by atoms with Gasteiger partial charge in [-0.3, -0.25) is 19.7 Å². The molecular formula is C14H18N2O5. The van der Waals surface area contributed by atoms with Gasteiger partial charge in [-0.25, -0.2) is 5.48 Å². The average molecular weight is 294 g/mol. The van der Waals surface area contributed by atoms with Crippen LogP contribution in [0.4, 0.5) is 5.69 Å². The van der Waals surface area contributed by atoms with E-state index >= 15 is 0 Å². The summed E-state index contributed by atoms with van der Waals surface area (Å²) in [7, 11) is 0. The maximum Gasteiger partial charge on any atom is 0.286 e. The van der Waals surface area contributed by atoms with Crippen molar-refractivity contribution in [1.29, 1.82) is 0 Å². The zero-order valence-electron chi connectivity index (χ0n) is 11.8. The molecule has 0 radical (unpaired) electrons. The third-order valence-electron chi connectivity index (χ3n) is 3.35. The number of ether oxygens (including phenoxy) is 1. The van der Waals surface area contributed by atoms with Gasteiger partial charge in [0.15, 0.2) is 5.56 Å². The van der Waals surface area contributed by atoms with E-state index in [2.05, 4.69) is 5.48 Å². The Morgan fingerprint density at radius 1 is 1.43 bits per heavy atom. The number of hydrogen-bond acceptors (Lipinski definition) is 5. The molecule has 21 heavy (non-hydrogen) atoms. The zero-order chi connectivity index (χ0) is 15.2. The summed E-state index contributed by atoms with van der Waals surface area (Å²) in [4.78, 5) is 28.0. The molecule has 1 aromatic carbocycles. The summed E-state index contributed by atoms with van der Waals surface area (Å²) in [6.07, 6.45) is 3.88. The van der Waals surface area contributed by atoms with Gasteiger partial charge in [0.2, 0.25) is 0 Å². The number of nitrogens with zero attached hydrogens (tertiary/aromatic N) is 1. The second kappa shape index (κ2) is 7.03. The Hall–Kier alpha value is -2.15. The zero-order valence-corrected chi connectivity index (χ0v) is 11.8. The van der Waals surface area contributed by atoms with E-state index in [9.17, 15) is 14.9 Å². The van der Waals surface area contributed by atoms with Crippen molar-refractivity contribution < 1.29 is 19.3 Å². The quantitative estimate of drug-likeness (QED) is 0.643. The summed E-state index contributed by atoms with van der Waals surface area (Å²) in [5.41, 5.74) is 1.90. The normalized spacial score (nSPS) is 14.9. The van der Waals surface area contributed by atoms with Gasteiger partial charge in [0.05, 0.1) is 17.6 Å². The number of rotatable bonds is 6. The number of nitro groups is 1. The third-order valence-corrected chi connectivity index (χ3v) is 3.35. The van der Waals surface area contributed by atoms with Crippen LogP contribution in [0, 0.1) is 10.1 Å². The highest BCUT2D eigenvalue weighted by atomic mass is 16.7.